The van der Waals surface area contributed by atoms with Gasteiger partial charge in [0, 0.05) is 22.7 Å². The molecule has 0 unspecified atom stereocenters. The highest BCUT2D eigenvalue weighted by atomic mass is 32.1. The number of thiazole rings is 1. The van der Waals surface area contributed by atoms with Crippen molar-refractivity contribution in [2.75, 3.05) is 11.9 Å². The summed E-state index contributed by atoms with van der Waals surface area (Å²) in [5.41, 5.74) is 3.29. The van der Waals surface area contributed by atoms with Gasteiger partial charge < -0.3 is 4.74 Å². The van der Waals surface area contributed by atoms with E-state index in [0.29, 0.717) is 10.7 Å². The number of nitrogens with one attached hydrogen (secondary N) is 1. The molecule has 3 aromatic rings. The molecule has 138 valence electrons. The van der Waals surface area contributed by atoms with Crippen LogP contribution < -0.4 is 5.32 Å². The van der Waals surface area contributed by atoms with E-state index >= 15 is 0 Å². The average molecular weight is 381 g/mol. The number of anilines is 1. The van der Waals surface area contributed by atoms with Gasteiger partial charge in [-0.2, -0.15) is 0 Å². The van der Waals surface area contributed by atoms with Crippen LogP contribution in [0.2, 0.25) is 0 Å². The third kappa shape index (κ3) is 3.83. The number of amides is 1. The van der Waals surface area contributed by atoms with Gasteiger partial charge in [-0.1, -0.05) is 24.6 Å². The van der Waals surface area contributed by atoms with Crippen molar-refractivity contribution in [2.45, 2.75) is 32.1 Å². The average Bonchev–Trinajstić information content (AvgIpc) is 3.07. The molecular formula is C20H19N3O3S. The Balaban J connectivity index is 1.60. The number of para-hydroxylation sites is 1. The van der Waals surface area contributed by atoms with E-state index in [1.54, 1.807) is 11.6 Å². The van der Waals surface area contributed by atoms with Gasteiger partial charge in [-0.3, -0.25) is 15.1 Å². The normalized spacial score (nSPS) is 13.6. The topological polar surface area (TPSA) is 81.2 Å². The van der Waals surface area contributed by atoms with Crippen LogP contribution in [-0.2, 0) is 22.4 Å². The molecule has 4 rings (SSSR count). The second-order valence-electron chi connectivity index (χ2n) is 6.45. The first-order chi connectivity index (χ1) is 13.2. The molecule has 7 heteroatoms. The standard InChI is InChI=1S/C20H19N3O3S/c24-17(23-20-21-10-11-27-20)12-26-19(25)18-13-6-2-1-3-8-15(13)22-16-9-5-4-7-14(16)18/h4-5,7,9-11H,1-3,6,8,12H2,(H,21,23,24). The van der Waals surface area contributed by atoms with E-state index in [9.17, 15) is 9.59 Å². The predicted molar refractivity (Wildman–Crippen MR) is 104 cm³/mol. The molecule has 1 aliphatic rings. The van der Waals surface area contributed by atoms with E-state index in [0.717, 1.165) is 54.3 Å². The third-order valence-corrected chi connectivity index (χ3v) is 5.32. The van der Waals surface area contributed by atoms with Gasteiger partial charge in [0.1, 0.15) is 0 Å². The van der Waals surface area contributed by atoms with E-state index in [-0.39, 0.29) is 6.61 Å². The van der Waals surface area contributed by atoms with Crippen LogP contribution in [0, 0.1) is 0 Å². The lowest BCUT2D eigenvalue weighted by molar-refractivity contribution is -0.119. The molecule has 1 N–H and O–H groups in total. The minimum Gasteiger partial charge on any atom is -0.452 e. The minimum atomic E-state index is -0.471. The molecule has 0 radical (unpaired) electrons. The van der Waals surface area contributed by atoms with E-state index < -0.39 is 11.9 Å². The van der Waals surface area contributed by atoms with E-state index in [4.69, 9.17) is 9.72 Å². The maximum Gasteiger partial charge on any atom is 0.339 e. The van der Waals surface area contributed by atoms with Gasteiger partial charge >= 0.3 is 5.97 Å². The monoisotopic (exact) mass is 381 g/mol. The van der Waals surface area contributed by atoms with Crippen LogP contribution in [0.1, 0.15) is 40.9 Å². The Morgan fingerprint density at radius 1 is 1.15 bits per heavy atom. The first-order valence-electron chi connectivity index (χ1n) is 8.99. The van der Waals surface area contributed by atoms with Crippen molar-refractivity contribution in [3.05, 3.63) is 52.7 Å². The highest BCUT2D eigenvalue weighted by Crippen LogP contribution is 2.29. The Bertz CT molecular complexity index is 986. The zero-order valence-corrected chi connectivity index (χ0v) is 15.6. The number of aromatic nitrogens is 2. The Morgan fingerprint density at radius 2 is 2.00 bits per heavy atom. The highest BCUT2D eigenvalue weighted by Gasteiger charge is 2.23. The predicted octanol–water partition coefficient (Wildman–Crippen LogP) is 3.76. The summed E-state index contributed by atoms with van der Waals surface area (Å²) >= 11 is 1.31. The van der Waals surface area contributed by atoms with Gasteiger partial charge in [0.05, 0.1) is 11.1 Å². The SMILES string of the molecule is O=C(COC(=O)c1c2c(nc3ccccc13)CCCCC2)Nc1nccs1. The van der Waals surface area contributed by atoms with Crippen LogP contribution in [0.3, 0.4) is 0 Å². The van der Waals surface area contributed by atoms with E-state index in [1.165, 1.54) is 11.3 Å². The molecule has 2 aromatic heterocycles. The zero-order valence-electron chi connectivity index (χ0n) is 14.7. The van der Waals surface area contributed by atoms with Crippen molar-refractivity contribution < 1.29 is 14.3 Å². The summed E-state index contributed by atoms with van der Waals surface area (Å²) in [5.74, 6) is -0.871. The molecule has 0 saturated heterocycles. The number of aryl methyl sites for hydroxylation is 1. The third-order valence-electron chi connectivity index (χ3n) is 4.64. The fraction of sp³-hybridized carbons (Fsp3) is 0.300. The molecule has 1 aliphatic carbocycles. The van der Waals surface area contributed by atoms with Gasteiger partial charge in [0.2, 0.25) is 0 Å². The van der Waals surface area contributed by atoms with Crippen LogP contribution in [0.4, 0.5) is 5.13 Å². The summed E-state index contributed by atoms with van der Waals surface area (Å²) in [5, 5.41) is 5.65. The van der Waals surface area contributed by atoms with Crippen molar-refractivity contribution >= 4 is 39.2 Å². The maximum atomic E-state index is 12.9. The number of rotatable bonds is 4. The molecule has 0 saturated carbocycles. The molecule has 6 nitrogen and oxygen atoms in total. The number of fused-ring (bicyclic) bond motifs is 2. The van der Waals surface area contributed by atoms with Gasteiger partial charge in [0.25, 0.3) is 5.91 Å². The molecule has 0 atom stereocenters. The lowest BCUT2D eigenvalue weighted by atomic mass is 9.97. The fourth-order valence-electron chi connectivity index (χ4n) is 3.43. The summed E-state index contributed by atoms with van der Waals surface area (Å²) in [6.07, 6.45) is 6.50. The maximum absolute atomic E-state index is 12.9. The molecule has 0 spiro atoms. The Hall–Kier alpha value is -2.80. The number of benzene rings is 1. The summed E-state index contributed by atoms with van der Waals surface area (Å²) < 4.78 is 5.35. The highest BCUT2D eigenvalue weighted by molar-refractivity contribution is 7.13. The first-order valence-corrected chi connectivity index (χ1v) is 9.87. The molecule has 1 aromatic carbocycles. The number of hydrogen-bond acceptors (Lipinski definition) is 6. The second-order valence-corrected chi connectivity index (χ2v) is 7.35. The van der Waals surface area contributed by atoms with Crippen molar-refractivity contribution in [2.24, 2.45) is 0 Å². The number of ether oxygens (including phenoxy) is 1. The van der Waals surface area contributed by atoms with Gasteiger partial charge in [0.15, 0.2) is 11.7 Å². The lowest BCUT2D eigenvalue weighted by Crippen LogP contribution is -2.22. The van der Waals surface area contributed by atoms with Crippen LogP contribution in [0.25, 0.3) is 10.9 Å². The molecule has 27 heavy (non-hydrogen) atoms. The quantitative estimate of drug-likeness (QED) is 0.550. The van der Waals surface area contributed by atoms with Crippen LogP contribution in [0.5, 0.6) is 0 Å². The molecule has 0 bridgehead atoms. The van der Waals surface area contributed by atoms with Gasteiger partial charge in [-0.25, -0.2) is 9.78 Å². The molecule has 2 heterocycles. The van der Waals surface area contributed by atoms with Crippen LogP contribution >= 0.6 is 11.3 Å². The number of pyridine rings is 1. The number of hydrogen-bond donors (Lipinski definition) is 1. The lowest BCUT2D eigenvalue weighted by Gasteiger charge is -2.14. The smallest absolute Gasteiger partial charge is 0.339 e. The number of esters is 1. The molecule has 0 aliphatic heterocycles. The second kappa shape index (κ2) is 7.84. The summed E-state index contributed by atoms with van der Waals surface area (Å²) in [6, 6.07) is 7.60. The van der Waals surface area contributed by atoms with Crippen molar-refractivity contribution in [3.63, 3.8) is 0 Å². The fourth-order valence-corrected chi connectivity index (χ4v) is 3.97. The van der Waals surface area contributed by atoms with Gasteiger partial charge in [-0.15, -0.1) is 11.3 Å². The summed E-state index contributed by atoms with van der Waals surface area (Å²) in [7, 11) is 0. The molecular weight excluding hydrogens is 362 g/mol. The van der Waals surface area contributed by atoms with Crippen LogP contribution in [0.15, 0.2) is 35.8 Å². The number of carbonyl (C=O) groups excluding carboxylic acids is 2. The van der Waals surface area contributed by atoms with E-state index in [2.05, 4.69) is 10.3 Å². The van der Waals surface area contributed by atoms with Crippen LogP contribution in [-0.4, -0.2) is 28.5 Å². The van der Waals surface area contributed by atoms with Crippen molar-refractivity contribution in [3.8, 4) is 0 Å². The number of carbonyl (C=O) groups is 2. The summed E-state index contributed by atoms with van der Waals surface area (Å²) in [6.45, 7) is -0.343. The minimum absolute atomic E-state index is 0.343. The largest absolute Gasteiger partial charge is 0.452 e. The molecule has 1 amide bonds. The summed E-state index contributed by atoms with van der Waals surface area (Å²) in [4.78, 5) is 33.7. The Morgan fingerprint density at radius 3 is 2.85 bits per heavy atom. The van der Waals surface area contributed by atoms with Crippen molar-refractivity contribution in [1.29, 1.82) is 0 Å². The number of nitrogens with zero attached hydrogens (tertiary/aromatic N) is 2. The van der Waals surface area contributed by atoms with E-state index in [1.807, 2.05) is 24.3 Å². The Labute approximate surface area is 160 Å². The molecule has 0 fully saturated rings. The first kappa shape index (κ1) is 17.6. The Kier molecular flexibility index (Phi) is 5.11. The van der Waals surface area contributed by atoms with Gasteiger partial charge in [-0.05, 0) is 37.3 Å². The van der Waals surface area contributed by atoms with Crippen molar-refractivity contribution in [1.82, 2.24) is 9.97 Å². The zero-order chi connectivity index (χ0) is 18.6.